The van der Waals surface area contributed by atoms with E-state index in [1.165, 1.54) is 12.3 Å². The van der Waals surface area contributed by atoms with Gasteiger partial charge < -0.3 is 24.7 Å². The lowest BCUT2D eigenvalue weighted by Gasteiger charge is -2.19. The second kappa shape index (κ2) is 12.6. The number of hydrogen-bond donors (Lipinski definition) is 2. The first kappa shape index (κ1) is 30.7. The number of carbonyl (C=O) groups excluding carboxylic acids is 1. The van der Waals surface area contributed by atoms with Crippen LogP contribution in [0.5, 0.6) is 0 Å². The molecule has 0 saturated carbocycles. The number of ether oxygens (including phenoxy) is 1. The van der Waals surface area contributed by atoms with Crippen LogP contribution in [0.1, 0.15) is 10.4 Å². The van der Waals surface area contributed by atoms with Gasteiger partial charge >= 0.3 is 24.3 Å². The largest absolute Gasteiger partial charge is 0.490 e. The smallest absolute Gasteiger partial charge is 0.475 e. The highest BCUT2D eigenvalue weighted by Crippen LogP contribution is 2.27. The number of carboxylic acids is 2. The average Bonchev–Trinajstić information content (AvgIpc) is 3.01. The Balaban J connectivity index is 0.000000362. The first-order chi connectivity index (χ1) is 15.9. The van der Waals surface area contributed by atoms with Gasteiger partial charge in [-0.25, -0.2) is 14.6 Å². The normalized spacial score (nSPS) is 20.4. The molecule has 0 spiro atoms. The van der Waals surface area contributed by atoms with Gasteiger partial charge in [0.25, 0.3) is 5.91 Å². The number of aliphatic carboxylic acids is 2. The number of likely N-dealkylation sites (N-methyl/N-ethyl adjacent to an activating group) is 1. The monoisotopic (exact) mass is 557 g/mol. The van der Waals surface area contributed by atoms with Gasteiger partial charge in [0.05, 0.1) is 23.3 Å². The molecule has 0 radical (unpaired) electrons. The molecular formula is C18H19Cl2F6N3O6. The molecule has 2 aliphatic heterocycles. The van der Waals surface area contributed by atoms with E-state index >= 15 is 0 Å². The fraction of sp³-hybridized carbons (Fsp3) is 0.556. The highest BCUT2D eigenvalue weighted by Gasteiger charge is 2.39. The lowest BCUT2D eigenvalue weighted by Crippen LogP contribution is -2.32. The second-order valence-electron chi connectivity index (χ2n) is 7.23. The summed E-state index contributed by atoms with van der Waals surface area (Å²) in [6.45, 7) is 3.89. The first-order valence-corrected chi connectivity index (χ1v) is 10.2. The van der Waals surface area contributed by atoms with Gasteiger partial charge in [0.2, 0.25) is 0 Å². The fourth-order valence-corrected chi connectivity index (χ4v) is 3.40. The maximum atomic E-state index is 12.6. The number of alkyl halides is 6. The van der Waals surface area contributed by atoms with Crippen LogP contribution in [-0.2, 0) is 14.3 Å². The minimum Gasteiger partial charge on any atom is -0.475 e. The van der Waals surface area contributed by atoms with Gasteiger partial charge in [-0.1, -0.05) is 23.2 Å². The van der Waals surface area contributed by atoms with Crippen LogP contribution in [0.2, 0.25) is 10.2 Å². The Morgan fingerprint density at radius 2 is 1.54 bits per heavy atom. The zero-order valence-corrected chi connectivity index (χ0v) is 19.2. The number of halogens is 8. The Bertz CT molecular complexity index is 894. The standard InChI is InChI=1S/C14H17Cl2N3O2.2C2HF3O2/c1-18-2-3-21-12-8-19(7-9(12)6-18)14(20)10-5-17-13(16)4-11(10)15;2*3-2(4,5)1(6)7/h4-5,9,12H,2-3,6-8H2,1H3;2*(H,6,7)/t9-,12+;;/m0../s1. The number of rotatable bonds is 1. The Morgan fingerprint density at radius 1 is 1.03 bits per heavy atom. The predicted octanol–water partition coefficient (Wildman–Crippen LogP) is 3.06. The summed E-state index contributed by atoms with van der Waals surface area (Å²) in [6, 6.07) is 1.49. The molecule has 3 heterocycles. The molecule has 9 nitrogen and oxygen atoms in total. The number of nitrogens with zero attached hydrogens (tertiary/aromatic N) is 3. The summed E-state index contributed by atoms with van der Waals surface area (Å²) < 4.78 is 69.3. The molecule has 0 aliphatic carbocycles. The van der Waals surface area contributed by atoms with E-state index in [2.05, 4.69) is 16.9 Å². The van der Waals surface area contributed by atoms with Crippen LogP contribution in [0.15, 0.2) is 12.3 Å². The number of pyridine rings is 1. The van der Waals surface area contributed by atoms with E-state index in [1.54, 1.807) is 4.90 Å². The maximum Gasteiger partial charge on any atom is 0.490 e. The van der Waals surface area contributed by atoms with Crippen molar-refractivity contribution in [2.45, 2.75) is 18.5 Å². The van der Waals surface area contributed by atoms with Crippen molar-refractivity contribution in [2.24, 2.45) is 5.92 Å². The Kier molecular flexibility index (Phi) is 11.0. The van der Waals surface area contributed by atoms with Crippen molar-refractivity contribution in [3.63, 3.8) is 0 Å². The van der Waals surface area contributed by atoms with Gasteiger partial charge in [-0.2, -0.15) is 26.3 Å². The van der Waals surface area contributed by atoms with Gasteiger partial charge in [-0.05, 0) is 13.1 Å². The summed E-state index contributed by atoms with van der Waals surface area (Å²) >= 11 is 11.9. The van der Waals surface area contributed by atoms with Crippen molar-refractivity contribution in [1.82, 2.24) is 14.8 Å². The fourth-order valence-electron chi connectivity index (χ4n) is 2.96. The van der Waals surface area contributed by atoms with E-state index in [1.807, 2.05) is 0 Å². The van der Waals surface area contributed by atoms with E-state index in [0.29, 0.717) is 36.2 Å². The molecule has 0 unspecified atom stereocenters. The number of carbonyl (C=O) groups is 3. The Hall–Kier alpha value is -2.36. The molecule has 3 rings (SSSR count). The van der Waals surface area contributed by atoms with Crippen molar-refractivity contribution >= 4 is 41.0 Å². The third-order valence-electron chi connectivity index (χ3n) is 4.55. The topological polar surface area (TPSA) is 120 Å². The van der Waals surface area contributed by atoms with Gasteiger partial charge in [-0.15, -0.1) is 0 Å². The molecule has 2 fully saturated rings. The molecule has 0 bridgehead atoms. The summed E-state index contributed by atoms with van der Waals surface area (Å²) in [7, 11) is 2.08. The summed E-state index contributed by atoms with van der Waals surface area (Å²) in [5, 5.41) is 14.9. The molecule has 1 aromatic rings. The second-order valence-corrected chi connectivity index (χ2v) is 8.03. The van der Waals surface area contributed by atoms with Crippen molar-refractivity contribution in [1.29, 1.82) is 0 Å². The van der Waals surface area contributed by atoms with Crippen LogP contribution in [0.3, 0.4) is 0 Å². The van der Waals surface area contributed by atoms with Gasteiger partial charge in [-0.3, -0.25) is 4.79 Å². The number of hydrogen-bond acceptors (Lipinski definition) is 6. The summed E-state index contributed by atoms with van der Waals surface area (Å²) in [5.74, 6) is -5.27. The average molecular weight is 558 g/mol. The number of likely N-dealkylation sites (tertiary alicyclic amines) is 1. The van der Waals surface area contributed by atoms with E-state index in [9.17, 15) is 31.1 Å². The minimum absolute atomic E-state index is 0.108. The molecule has 2 atom stereocenters. The summed E-state index contributed by atoms with van der Waals surface area (Å²) in [5.41, 5.74) is 0.394. The Morgan fingerprint density at radius 3 is 2.00 bits per heavy atom. The molecule has 1 aromatic heterocycles. The molecule has 1 amide bonds. The van der Waals surface area contributed by atoms with E-state index in [0.717, 1.165) is 13.1 Å². The summed E-state index contributed by atoms with van der Waals surface area (Å²) in [6.07, 6.45) is -8.62. The molecule has 198 valence electrons. The molecule has 0 aromatic carbocycles. The van der Waals surface area contributed by atoms with E-state index in [4.69, 9.17) is 47.7 Å². The zero-order valence-electron chi connectivity index (χ0n) is 17.7. The van der Waals surface area contributed by atoms with Crippen LogP contribution in [0.25, 0.3) is 0 Å². The molecule has 2 N–H and O–H groups in total. The SMILES string of the molecule is CN1CCO[C@@H]2CN(C(=O)c3cnc(Cl)cc3Cl)C[C@@H]2C1.O=C(O)C(F)(F)F.O=C(O)C(F)(F)F. The molecule has 17 heteroatoms. The van der Waals surface area contributed by atoms with Crippen molar-refractivity contribution in [3.05, 3.63) is 28.0 Å². The summed E-state index contributed by atoms with van der Waals surface area (Å²) in [4.78, 5) is 38.4. The van der Waals surface area contributed by atoms with Crippen LogP contribution in [0.4, 0.5) is 26.3 Å². The van der Waals surface area contributed by atoms with Gasteiger partial charge in [0.15, 0.2) is 0 Å². The van der Waals surface area contributed by atoms with E-state index in [-0.39, 0.29) is 17.2 Å². The predicted molar refractivity (Wildman–Crippen MR) is 108 cm³/mol. The zero-order chi connectivity index (χ0) is 27.1. The van der Waals surface area contributed by atoms with Crippen LogP contribution >= 0.6 is 23.2 Å². The lowest BCUT2D eigenvalue weighted by molar-refractivity contribution is -0.193. The van der Waals surface area contributed by atoms with E-state index < -0.39 is 24.3 Å². The van der Waals surface area contributed by atoms with Gasteiger partial charge in [0.1, 0.15) is 5.15 Å². The number of amides is 1. The molecular weight excluding hydrogens is 539 g/mol. The van der Waals surface area contributed by atoms with Crippen LogP contribution < -0.4 is 0 Å². The van der Waals surface area contributed by atoms with Crippen molar-refractivity contribution < 1.29 is 55.7 Å². The van der Waals surface area contributed by atoms with Crippen LogP contribution in [-0.4, -0.2) is 101 Å². The third-order valence-corrected chi connectivity index (χ3v) is 5.07. The number of aromatic nitrogens is 1. The Labute approximate surface area is 204 Å². The van der Waals surface area contributed by atoms with Crippen molar-refractivity contribution in [2.75, 3.05) is 39.8 Å². The number of carboxylic acid groups (broad SMARTS) is 2. The first-order valence-electron chi connectivity index (χ1n) is 9.44. The lowest BCUT2D eigenvalue weighted by atomic mass is 10.1. The minimum atomic E-state index is -5.08. The molecule has 2 saturated heterocycles. The maximum absolute atomic E-state index is 12.6. The quantitative estimate of drug-likeness (QED) is 0.399. The molecule has 35 heavy (non-hydrogen) atoms. The molecule has 2 aliphatic rings. The highest BCUT2D eigenvalue weighted by molar-refractivity contribution is 6.36. The number of fused-ring (bicyclic) bond motifs is 1. The highest BCUT2D eigenvalue weighted by atomic mass is 35.5. The van der Waals surface area contributed by atoms with Crippen LogP contribution in [0, 0.1) is 5.92 Å². The van der Waals surface area contributed by atoms with Gasteiger partial charge in [0, 0.05) is 38.3 Å². The third kappa shape index (κ3) is 10.0. The van der Waals surface area contributed by atoms with Crippen molar-refractivity contribution in [3.8, 4) is 0 Å².